The van der Waals surface area contributed by atoms with Gasteiger partial charge in [0.1, 0.15) is 11.6 Å². The van der Waals surface area contributed by atoms with Crippen molar-refractivity contribution >= 4 is 19.8 Å². The summed E-state index contributed by atoms with van der Waals surface area (Å²) in [5.41, 5.74) is 4.09. The lowest BCUT2D eigenvalue weighted by Gasteiger charge is -2.20. The van der Waals surface area contributed by atoms with Crippen LogP contribution in [0.5, 0.6) is 0 Å². The van der Waals surface area contributed by atoms with Crippen LogP contribution in [0.2, 0.25) is 0 Å². The van der Waals surface area contributed by atoms with Gasteiger partial charge in [0.25, 0.3) is 0 Å². The number of aliphatic hydroxyl groups excluding tert-OH is 1. The minimum atomic E-state index is -2.92. The molecule has 0 aliphatic rings. The minimum Gasteiger partial charge on any atom is -0.426 e. The molecule has 3 aromatic rings. The first-order chi connectivity index (χ1) is 16.2. The fourth-order valence-corrected chi connectivity index (χ4v) is 4.13. The van der Waals surface area contributed by atoms with E-state index in [1.165, 1.54) is 12.1 Å². The second kappa shape index (κ2) is 11.3. The van der Waals surface area contributed by atoms with E-state index in [1.807, 2.05) is 50.2 Å². The van der Waals surface area contributed by atoms with Crippen molar-refractivity contribution in [2.45, 2.75) is 32.3 Å². The van der Waals surface area contributed by atoms with Crippen LogP contribution in [0.15, 0.2) is 67.2 Å². The Hall–Kier alpha value is -3.12. The van der Waals surface area contributed by atoms with Gasteiger partial charge >= 0.3 is 5.97 Å². The van der Waals surface area contributed by atoms with Crippen LogP contribution < -0.4 is 0 Å². The molecule has 2 atom stereocenters. The zero-order valence-corrected chi connectivity index (χ0v) is 20.0. The van der Waals surface area contributed by atoms with Crippen LogP contribution in [0.3, 0.4) is 0 Å². The molecule has 0 saturated carbocycles. The van der Waals surface area contributed by atoms with E-state index in [-0.39, 0.29) is 17.5 Å². The Kier molecular flexibility index (Phi) is 8.51. The molecule has 1 aromatic heterocycles. The molecule has 178 valence electrons. The molecule has 0 aliphatic heterocycles. The van der Waals surface area contributed by atoms with Gasteiger partial charge in [0, 0.05) is 17.3 Å². The molecule has 0 amide bonds. The highest BCUT2D eigenvalue weighted by molar-refractivity contribution is 7.38. The van der Waals surface area contributed by atoms with Crippen LogP contribution >= 0.6 is 8.03 Å². The minimum absolute atomic E-state index is 0.0315. The molecule has 2 unspecified atom stereocenters. The number of hydrogen-bond acceptors (Lipinski definition) is 5. The van der Waals surface area contributed by atoms with E-state index in [0.29, 0.717) is 28.1 Å². The average Bonchev–Trinajstić information content (AvgIpc) is 2.78. The Bertz CT molecular complexity index is 1200. The van der Waals surface area contributed by atoms with E-state index in [1.54, 1.807) is 12.1 Å². The summed E-state index contributed by atoms with van der Waals surface area (Å²) in [4.78, 5) is 26.2. The van der Waals surface area contributed by atoms with E-state index in [4.69, 9.17) is 14.6 Å². The summed E-state index contributed by atoms with van der Waals surface area (Å²) in [6.07, 6.45) is -2.14. The highest BCUT2D eigenvalue weighted by Crippen LogP contribution is 2.37. The third-order valence-corrected chi connectivity index (χ3v) is 5.97. The van der Waals surface area contributed by atoms with Crippen LogP contribution in [0.1, 0.15) is 37.4 Å². The van der Waals surface area contributed by atoms with Crippen LogP contribution in [-0.4, -0.2) is 33.2 Å². The van der Waals surface area contributed by atoms with Gasteiger partial charge in [-0.05, 0) is 35.2 Å². The van der Waals surface area contributed by atoms with Crippen molar-refractivity contribution < 1.29 is 28.5 Å². The van der Waals surface area contributed by atoms with Gasteiger partial charge in [0.05, 0.1) is 23.9 Å². The van der Waals surface area contributed by atoms with Gasteiger partial charge in [-0.3, -0.25) is 14.3 Å². The molecule has 8 heteroatoms. The standard InChI is InChI=1S/C26H27FNO5P/c1-16(2)26-25(17(3)33-24(30)13-21(29)15-34(31)32)22(18-9-11-20(27)12-10-18)14-23(28-26)19-7-5-4-6-8-19/h4-12,14,16,21,29,34H,3,13,15H2,1-2H3,(H,31,32). The molecule has 0 bridgehead atoms. The van der Waals surface area contributed by atoms with Crippen LogP contribution in [0.4, 0.5) is 4.39 Å². The van der Waals surface area contributed by atoms with Crippen molar-refractivity contribution in [3.63, 3.8) is 0 Å². The molecule has 2 aromatic carbocycles. The maximum atomic E-state index is 13.6. The molecule has 2 N–H and O–H groups in total. The van der Waals surface area contributed by atoms with Crippen molar-refractivity contribution in [3.05, 3.63) is 84.3 Å². The lowest BCUT2D eigenvalue weighted by molar-refractivity contribution is -0.138. The van der Waals surface area contributed by atoms with Gasteiger partial charge in [-0.1, -0.05) is 62.9 Å². The number of esters is 1. The molecule has 0 fully saturated rings. The van der Waals surface area contributed by atoms with E-state index < -0.39 is 32.7 Å². The first-order valence-corrected chi connectivity index (χ1v) is 12.4. The van der Waals surface area contributed by atoms with Crippen molar-refractivity contribution in [2.24, 2.45) is 0 Å². The van der Waals surface area contributed by atoms with Gasteiger partial charge in [0.15, 0.2) is 8.03 Å². The zero-order chi connectivity index (χ0) is 24.8. The smallest absolute Gasteiger partial charge is 0.313 e. The number of ether oxygens (including phenoxy) is 1. The van der Waals surface area contributed by atoms with Gasteiger partial charge in [-0.15, -0.1) is 0 Å². The highest BCUT2D eigenvalue weighted by atomic mass is 31.1. The van der Waals surface area contributed by atoms with Gasteiger partial charge in [-0.25, -0.2) is 4.39 Å². The Morgan fingerprint density at radius 1 is 1.12 bits per heavy atom. The molecular weight excluding hydrogens is 456 g/mol. The lowest BCUT2D eigenvalue weighted by Crippen LogP contribution is -2.18. The second-order valence-corrected chi connectivity index (χ2v) is 9.39. The van der Waals surface area contributed by atoms with Crippen LogP contribution in [0.25, 0.3) is 28.1 Å². The molecule has 0 radical (unpaired) electrons. The molecule has 0 aliphatic carbocycles. The number of benzene rings is 2. The summed E-state index contributed by atoms with van der Waals surface area (Å²) in [5.74, 6) is -1.20. The highest BCUT2D eigenvalue weighted by Gasteiger charge is 2.23. The summed E-state index contributed by atoms with van der Waals surface area (Å²) in [6, 6.07) is 17.4. The summed E-state index contributed by atoms with van der Waals surface area (Å²) in [5, 5.41) is 9.82. The summed E-state index contributed by atoms with van der Waals surface area (Å²) in [7, 11) is -2.92. The Morgan fingerprint density at radius 2 is 1.76 bits per heavy atom. The maximum absolute atomic E-state index is 13.6. The number of aromatic nitrogens is 1. The molecular formula is C26H27FNO5P. The Morgan fingerprint density at radius 3 is 2.35 bits per heavy atom. The van der Waals surface area contributed by atoms with Crippen LogP contribution in [-0.2, 0) is 14.1 Å². The molecule has 3 rings (SSSR count). The molecule has 34 heavy (non-hydrogen) atoms. The first kappa shape index (κ1) is 25.5. The molecule has 1 heterocycles. The van der Waals surface area contributed by atoms with E-state index in [9.17, 15) is 18.9 Å². The number of pyridine rings is 1. The third-order valence-electron chi connectivity index (χ3n) is 5.15. The number of carbonyl (C=O) groups excluding carboxylic acids is 1. The van der Waals surface area contributed by atoms with Crippen molar-refractivity contribution in [3.8, 4) is 22.4 Å². The number of rotatable bonds is 9. The summed E-state index contributed by atoms with van der Waals surface area (Å²) >= 11 is 0. The van der Waals surface area contributed by atoms with E-state index >= 15 is 0 Å². The first-order valence-electron chi connectivity index (χ1n) is 10.8. The topological polar surface area (TPSA) is 96.7 Å². The Balaban J connectivity index is 2.08. The number of nitrogens with zero attached hydrogens (tertiary/aromatic N) is 1. The largest absolute Gasteiger partial charge is 0.426 e. The lowest BCUT2D eigenvalue weighted by atomic mass is 9.91. The monoisotopic (exact) mass is 483 g/mol. The van der Waals surface area contributed by atoms with Gasteiger partial charge in [-0.2, -0.15) is 0 Å². The normalized spacial score (nSPS) is 12.9. The van der Waals surface area contributed by atoms with Gasteiger partial charge < -0.3 is 14.7 Å². The Labute approximate surface area is 198 Å². The SMILES string of the molecule is C=C(OC(=O)CC(O)C[PH](=O)O)c1c(-c2ccc(F)cc2)cc(-c2ccccc2)nc1C(C)C. The van der Waals surface area contributed by atoms with Gasteiger partial charge in [0.2, 0.25) is 0 Å². The quantitative estimate of drug-likeness (QED) is 0.240. The fraction of sp³-hybridized carbons (Fsp3) is 0.231. The van der Waals surface area contributed by atoms with Crippen molar-refractivity contribution in [2.75, 3.05) is 6.16 Å². The second-order valence-electron chi connectivity index (χ2n) is 8.20. The van der Waals surface area contributed by atoms with Crippen LogP contribution in [0, 0.1) is 5.82 Å². The molecule has 6 nitrogen and oxygen atoms in total. The molecule has 0 spiro atoms. The number of hydrogen-bond donors (Lipinski definition) is 2. The fourth-order valence-electron chi connectivity index (χ4n) is 3.59. The third kappa shape index (κ3) is 6.48. The predicted octanol–water partition coefficient (Wildman–Crippen LogP) is 5.41. The maximum Gasteiger partial charge on any atom is 0.313 e. The predicted molar refractivity (Wildman–Crippen MR) is 131 cm³/mol. The molecule has 0 saturated heterocycles. The number of aliphatic hydroxyl groups is 1. The average molecular weight is 483 g/mol. The number of carbonyl (C=O) groups is 1. The van der Waals surface area contributed by atoms with Crippen molar-refractivity contribution in [1.29, 1.82) is 0 Å². The van der Waals surface area contributed by atoms with E-state index in [0.717, 1.165) is 5.56 Å². The summed E-state index contributed by atoms with van der Waals surface area (Å²) < 4.78 is 30.0. The number of halogens is 1. The van der Waals surface area contributed by atoms with Crippen molar-refractivity contribution in [1.82, 2.24) is 4.98 Å². The zero-order valence-electron chi connectivity index (χ0n) is 19.0. The summed E-state index contributed by atoms with van der Waals surface area (Å²) in [6.45, 7) is 7.84. The van der Waals surface area contributed by atoms with E-state index in [2.05, 4.69) is 6.58 Å².